The summed E-state index contributed by atoms with van der Waals surface area (Å²) < 4.78 is 8.03. The van der Waals surface area contributed by atoms with Crippen molar-refractivity contribution in [3.05, 3.63) is 90.5 Å². The maximum atomic E-state index is 6.21. The first-order chi connectivity index (χ1) is 11.4. The van der Waals surface area contributed by atoms with Gasteiger partial charge in [0.2, 0.25) is 6.23 Å². The number of aromatic nitrogens is 3. The predicted molar refractivity (Wildman–Crippen MR) is 89.2 cm³/mol. The molecule has 1 unspecified atom stereocenters. The lowest BCUT2D eigenvalue weighted by Gasteiger charge is -2.20. The molecular weight excluding hydrogens is 286 g/mol. The van der Waals surface area contributed by atoms with E-state index in [-0.39, 0.29) is 6.23 Å². The number of benzene rings is 3. The number of hydrogen-bond donors (Lipinski definition) is 0. The van der Waals surface area contributed by atoms with Crippen LogP contribution in [-0.4, -0.2) is 15.0 Å². The molecule has 3 aromatic carbocycles. The quantitative estimate of drug-likeness (QED) is 0.571. The van der Waals surface area contributed by atoms with Gasteiger partial charge in [0, 0.05) is 5.56 Å². The van der Waals surface area contributed by atoms with Crippen molar-refractivity contribution in [1.82, 2.24) is 15.0 Å². The summed E-state index contributed by atoms with van der Waals surface area (Å²) in [5.74, 6) is 0.793. The van der Waals surface area contributed by atoms with Gasteiger partial charge in [0.05, 0.1) is 5.52 Å². The zero-order valence-electron chi connectivity index (χ0n) is 12.4. The Kier molecular flexibility index (Phi) is 3.48. The van der Waals surface area contributed by atoms with Crippen LogP contribution in [0.1, 0.15) is 11.8 Å². The Morgan fingerprint density at radius 2 is 1.39 bits per heavy atom. The third kappa shape index (κ3) is 2.66. The topological polar surface area (TPSA) is 39.9 Å². The van der Waals surface area contributed by atoms with Crippen molar-refractivity contribution in [3.8, 4) is 5.75 Å². The second-order valence-electron chi connectivity index (χ2n) is 5.22. The molecular formula is C19H15N3O. The molecule has 0 fully saturated rings. The summed E-state index contributed by atoms with van der Waals surface area (Å²) in [6, 6.07) is 27.7. The molecule has 23 heavy (non-hydrogen) atoms. The Hall–Kier alpha value is -3.14. The summed E-state index contributed by atoms with van der Waals surface area (Å²) in [7, 11) is 0. The first-order valence-electron chi connectivity index (χ1n) is 7.48. The number of ether oxygens (including phenoxy) is 1. The minimum absolute atomic E-state index is 0.369. The minimum Gasteiger partial charge on any atom is -0.464 e. The van der Waals surface area contributed by atoms with Crippen molar-refractivity contribution in [2.24, 2.45) is 0 Å². The van der Waals surface area contributed by atoms with Gasteiger partial charge in [-0.2, -0.15) is 0 Å². The lowest BCUT2D eigenvalue weighted by molar-refractivity contribution is 0.161. The van der Waals surface area contributed by atoms with Crippen LogP contribution in [0.15, 0.2) is 84.9 Å². The SMILES string of the molecule is c1ccc(OC(c2ccccc2)n2nnc3ccccc32)cc1. The standard InChI is InChI=1S/C19H15N3O/c1-3-9-15(10-4-1)19(23-16-11-5-2-6-12-16)22-18-14-8-7-13-17(18)20-21-22/h1-14,19H. The largest absolute Gasteiger partial charge is 0.464 e. The highest BCUT2D eigenvalue weighted by molar-refractivity contribution is 5.74. The highest BCUT2D eigenvalue weighted by atomic mass is 16.5. The monoisotopic (exact) mass is 301 g/mol. The van der Waals surface area contributed by atoms with E-state index in [9.17, 15) is 0 Å². The molecule has 0 aliphatic carbocycles. The van der Waals surface area contributed by atoms with Crippen molar-refractivity contribution in [1.29, 1.82) is 0 Å². The average Bonchev–Trinajstić information content (AvgIpc) is 3.05. The van der Waals surface area contributed by atoms with Gasteiger partial charge in [-0.25, -0.2) is 4.68 Å². The fraction of sp³-hybridized carbons (Fsp3) is 0.0526. The highest BCUT2D eigenvalue weighted by Crippen LogP contribution is 2.25. The van der Waals surface area contributed by atoms with Crippen LogP contribution in [0, 0.1) is 0 Å². The predicted octanol–water partition coefficient (Wildman–Crippen LogP) is 4.06. The van der Waals surface area contributed by atoms with E-state index in [1.807, 2.05) is 89.6 Å². The highest BCUT2D eigenvalue weighted by Gasteiger charge is 2.19. The fourth-order valence-corrected chi connectivity index (χ4v) is 2.57. The lowest BCUT2D eigenvalue weighted by Crippen LogP contribution is -2.18. The molecule has 4 rings (SSSR count). The summed E-state index contributed by atoms with van der Waals surface area (Å²) in [6.45, 7) is 0. The van der Waals surface area contributed by atoms with Crippen LogP contribution in [0.25, 0.3) is 11.0 Å². The molecule has 0 aliphatic rings. The zero-order valence-corrected chi connectivity index (χ0v) is 12.4. The molecule has 0 amide bonds. The van der Waals surface area contributed by atoms with Crippen LogP contribution in [0.3, 0.4) is 0 Å². The molecule has 4 aromatic rings. The van der Waals surface area contributed by atoms with Gasteiger partial charge in [-0.1, -0.05) is 65.9 Å². The van der Waals surface area contributed by atoms with Gasteiger partial charge < -0.3 is 4.74 Å². The Balaban J connectivity index is 1.82. The van der Waals surface area contributed by atoms with Crippen LogP contribution in [0.4, 0.5) is 0 Å². The summed E-state index contributed by atoms with van der Waals surface area (Å²) in [5.41, 5.74) is 2.81. The van der Waals surface area contributed by atoms with E-state index in [4.69, 9.17) is 4.74 Å². The van der Waals surface area contributed by atoms with Gasteiger partial charge in [-0.15, -0.1) is 5.10 Å². The molecule has 0 aliphatic heterocycles. The van der Waals surface area contributed by atoms with E-state index in [0.29, 0.717) is 0 Å². The molecule has 1 aromatic heterocycles. The number of rotatable bonds is 4. The molecule has 112 valence electrons. The van der Waals surface area contributed by atoms with E-state index in [0.717, 1.165) is 22.3 Å². The van der Waals surface area contributed by atoms with Gasteiger partial charge in [-0.05, 0) is 24.3 Å². The Labute approximate surface area is 134 Å². The summed E-state index contributed by atoms with van der Waals surface area (Å²) in [5, 5.41) is 8.55. The molecule has 4 heteroatoms. The molecule has 0 N–H and O–H groups in total. The maximum absolute atomic E-state index is 6.21. The molecule has 0 spiro atoms. The van der Waals surface area contributed by atoms with Crippen molar-refractivity contribution < 1.29 is 4.74 Å². The smallest absolute Gasteiger partial charge is 0.219 e. The van der Waals surface area contributed by atoms with Crippen molar-refractivity contribution >= 4 is 11.0 Å². The van der Waals surface area contributed by atoms with Gasteiger partial charge in [0.1, 0.15) is 11.3 Å². The number of para-hydroxylation sites is 2. The van der Waals surface area contributed by atoms with Crippen LogP contribution in [-0.2, 0) is 0 Å². The number of hydrogen-bond acceptors (Lipinski definition) is 3. The first kappa shape index (κ1) is 13.5. The van der Waals surface area contributed by atoms with E-state index in [1.165, 1.54) is 0 Å². The van der Waals surface area contributed by atoms with Gasteiger partial charge >= 0.3 is 0 Å². The number of fused-ring (bicyclic) bond motifs is 1. The van der Waals surface area contributed by atoms with Crippen LogP contribution in [0.5, 0.6) is 5.75 Å². The third-order valence-electron chi connectivity index (χ3n) is 3.68. The normalized spacial score (nSPS) is 12.2. The van der Waals surface area contributed by atoms with Gasteiger partial charge in [-0.3, -0.25) is 0 Å². The van der Waals surface area contributed by atoms with Gasteiger partial charge in [0.15, 0.2) is 0 Å². The van der Waals surface area contributed by atoms with Crippen LogP contribution in [0.2, 0.25) is 0 Å². The Morgan fingerprint density at radius 3 is 2.17 bits per heavy atom. The second-order valence-corrected chi connectivity index (χ2v) is 5.22. The van der Waals surface area contributed by atoms with Crippen LogP contribution >= 0.6 is 0 Å². The molecule has 0 radical (unpaired) electrons. The summed E-state index contributed by atoms with van der Waals surface area (Å²) in [6.07, 6.45) is -0.369. The molecule has 0 saturated carbocycles. The molecule has 4 nitrogen and oxygen atoms in total. The summed E-state index contributed by atoms with van der Waals surface area (Å²) in [4.78, 5) is 0. The average molecular weight is 301 g/mol. The van der Waals surface area contributed by atoms with Crippen LogP contribution < -0.4 is 4.74 Å². The van der Waals surface area contributed by atoms with Gasteiger partial charge in [0.25, 0.3) is 0 Å². The molecule has 0 saturated heterocycles. The third-order valence-corrected chi connectivity index (χ3v) is 3.68. The van der Waals surface area contributed by atoms with E-state index < -0.39 is 0 Å². The zero-order chi connectivity index (χ0) is 15.5. The minimum atomic E-state index is -0.369. The Bertz CT molecular complexity index is 903. The molecule has 1 heterocycles. The lowest BCUT2D eigenvalue weighted by atomic mass is 10.2. The molecule has 1 atom stereocenters. The number of nitrogens with zero attached hydrogens (tertiary/aromatic N) is 3. The van der Waals surface area contributed by atoms with Crippen molar-refractivity contribution in [2.45, 2.75) is 6.23 Å². The van der Waals surface area contributed by atoms with E-state index in [2.05, 4.69) is 10.3 Å². The maximum Gasteiger partial charge on any atom is 0.219 e. The molecule has 0 bridgehead atoms. The van der Waals surface area contributed by atoms with E-state index in [1.54, 1.807) is 0 Å². The fourth-order valence-electron chi connectivity index (χ4n) is 2.57. The van der Waals surface area contributed by atoms with E-state index >= 15 is 0 Å². The van der Waals surface area contributed by atoms with Crippen molar-refractivity contribution in [2.75, 3.05) is 0 Å². The Morgan fingerprint density at radius 1 is 0.739 bits per heavy atom. The summed E-state index contributed by atoms with van der Waals surface area (Å²) >= 11 is 0. The second kappa shape index (κ2) is 5.93. The van der Waals surface area contributed by atoms with Crippen molar-refractivity contribution in [3.63, 3.8) is 0 Å². The first-order valence-corrected chi connectivity index (χ1v) is 7.48.